The minimum absolute atomic E-state index is 0.164. The summed E-state index contributed by atoms with van der Waals surface area (Å²) < 4.78 is 2.59. The molecule has 2 N–H and O–H groups in total. The van der Waals surface area contributed by atoms with Gasteiger partial charge in [-0.2, -0.15) is 11.8 Å². The number of carboxylic acids is 2. The van der Waals surface area contributed by atoms with E-state index in [1.165, 1.54) is 63.1 Å². The van der Waals surface area contributed by atoms with Crippen molar-refractivity contribution in [3.63, 3.8) is 0 Å². The van der Waals surface area contributed by atoms with Crippen LogP contribution in [0.1, 0.15) is 137 Å². The maximum absolute atomic E-state index is 13.3. The Hall–Kier alpha value is -5.20. The van der Waals surface area contributed by atoms with E-state index in [-0.39, 0.29) is 24.3 Å². The van der Waals surface area contributed by atoms with E-state index >= 15 is 0 Å². The topological polar surface area (TPSA) is 77.6 Å². The van der Waals surface area contributed by atoms with Gasteiger partial charge in [-0.3, -0.25) is 4.79 Å². The lowest BCUT2D eigenvalue weighted by molar-refractivity contribution is -0.564. The van der Waals surface area contributed by atoms with E-state index in [1.807, 2.05) is 12.1 Å². The standard InChI is InChI=1S/C56H61NO4S/c1-5-39(19-14-31-62-32-29-53(58)59)50-35-52-44(26-27-51-46-21-11-9-18-42(46)28-30-57(51)52)36-56(50,4)54(47-22-12-13-23-48(47)55(60)61)49-34-43(37(2)33-38(49)3)25-24-41-17-7-6-15-40-16-8-10-20-45(40)41/h8-13,16,18,20-27,33-36,39,41,51,54H,5-7,14-15,17,19,28-32H2,1-4H3,(H-,58,59,60,61)/p+1/b25-24-. The molecule has 5 unspecified atom stereocenters. The molecule has 62 heavy (non-hydrogen) atoms. The fourth-order valence-electron chi connectivity index (χ4n) is 11.1. The van der Waals surface area contributed by atoms with Crippen molar-refractivity contribution in [2.24, 2.45) is 11.3 Å². The van der Waals surface area contributed by atoms with Crippen LogP contribution < -0.4 is 0 Å². The molecule has 0 amide bonds. The second kappa shape index (κ2) is 19.0. The molecular formula is C56H62NO4S+. The van der Waals surface area contributed by atoms with Crippen molar-refractivity contribution in [3.05, 3.63) is 182 Å². The van der Waals surface area contributed by atoms with Crippen LogP contribution in [0.2, 0.25) is 0 Å². The summed E-state index contributed by atoms with van der Waals surface area (Å²) in [5.74, 6) is 0.139. The van der Waals surface area contributed by atoms with Crippen molar-refractivity contribution in [2.75, 3.05) is 18.1 Å². The molecule has 0 fully saturated rings. The first-order valence-electron chi connectivity index (χ1n) is 22.9. The van der Waals surface area contributed by atoms with Crippen LogP contribution in [0, 0.1) is 25.2 Å². The summed E-state index contributed by atoms with van der Waals surface area (Å²) in [6.45, 7) is 10.0. The zero-order valence-electron chi connectivity index (χ0n) is 36.9. The smallest absolute Gasteiger partial charge is 0.335 e. The number of nitrogens with zero attached hydrogens (tertiary/aromatic N) is 1. The molecule has 6 heteroatoms. The van der Waals surface area contributed by atoms with Gasteiger partial charge in [-0.1, -0.05) is 117 Å². The largest absolute Gasteiger partial charge is 0.481 e. The summed E-state index contributed by atoms with van der Waals surface area (Å²) in [5, 5.41) is 20.1. The van der Waals surface area contributed by atoms with E-state index in [1.54, 1.807) is 17.8 Å². The minimum atomic E-state index is -0.912. The number of carboxylic acid groups (broad SMARTS) is 2. The molecule has 0 saturated heterocycles. The molecule has 0 aromatic heterocycles. The number of rotatable bonds is 15. The van der Waals surface area contributed by atoms with Gasteiger partial charge in [0, 0.05) is 46.6 Å². The van der Waals surface area contributed by atoms with Crippen molar-refractivity contribution >= 4 is 35.5 Å². The van der Waals surface area contributed by atoms with E-state index in [4.69, 9.17) is 0 Å². The Morgan fingerprint density at radius 1 is 0.887 bits per heavy atom. The van der Waals surface area contributed by atoms with Gasteiger partial charge in [0.15, 0.2) is 6.04 Å². The highest BCUT2D eigenvalue weighted by Gasteiger charge is 2.47. The van der Waals surface area contributed by atoms with Crippen LogP contribution in [-0.4, -0.2) is 50.5 Å². The molecule has 4 aromatic carbocycles. The second-order valence-corrected chi connectivity index (χ2v) is 19.3. The SMILES string of the molecule is CCC(CCCSCCC(=O)O)C1=CC2=[N+]3CCc4ccccc4C3C=CC2=CC1(C)C(c1cc(/C=C\C2CCCCc3ccccc32)c(C)cc1C)c1ccccc1C(=O)O. The van der Waals surface area contributed by atoms with E-state index in [2.05, 4.69) is 135 Å². The lowest BCUT2D eigenvalue weighted by Gasteiger charge is -2.45. The number of aromatic carboxylic acids is 1. The summed E-state index contributed by atoms with van der Waals surface area (Å²) >= 11 is 1.72. The van der Waals surface area contributed by atoms with E-state index in [9.17, 15) is 19.8 Å². The molecule has 320 valence electrons. The number of benzene rings is 4. The van der Waals surface area contributed by atoms with Crippen molar-refractivity contribution in [1.29, 1.82) is 0 Å². The predicted octanol–water partition coefficient (Wildman–Crippen LogP) is 12.9. The molecule has 0 bridgehead atoms. The number of aryl methyl sites for hydroxylation is 3. The average Bonchev–Trinajstić information content (AvgIpc) is 3.48. The number of hydrogen-bond donors (Lipinski definition) is 2. The van der Waals surface area contributed by atoms with Gasteiger partial charge in [0.1, 0.15) is 6.54 Å². The van der Waals surface area contributed by atoms with Crippen LogP contribution in [0.15, 0.2) is 126 Å². The summed E-state index contributed by atoms with van der Waals surface area (Å²) in [6.07, 6.45) is 23.2. The molecule has 2 aliphatic heterocycles. The van der Waals surface area contributed by atoms with Crippen molar-refractivity contribution in [1.82, 2.24) is 0 Å². The number of allylic oxidation sites excluding steroid dienone is 6. The van der Waals surface area contributed by atoms with Crippen LogP contribution in [0.5, 0.6) is 0 Å². The first-order chi connectivity index (χ1) is 30.1. The fourth-order valence-corrected chi connectivity index (χ4v) is 12.0. The maximum Gasteiger partial charge on any atom is 0.335 e. The third-order valence-corrected chi connectivity index (χ3v) is 15.3. The number of carbonyl (C=O) groups is 2. The number of thioether (sulfide) groups is 1. The molecule has 4 aromatic rings. The average molecular weight is 845 g/mol. The number of aliphatic carboxylic acids is 1. The van der Waals surface area contributed by atoms with Crippen LogP contribution in [0.4, 0.5) is 0 Å². The van der Waals surface area contributed by atoms with Gasteiger partial charge in [-0.05, 0) is 132 Å². The van der Waals surface area contributed by atoms with Gasteiger partial charge in [0.05, 0.1) is 12.0 Å². The van der Waals surface area contributed by atoms with Crippen LogP contribution in [-0.2, 0) is 17.6 Å². The first-order valence-corrected chi connectivity index (χ1v) is 24.1. The molecular weight excluding hydrogens is 783 g/mol. The number of fused-ring (bicyclic) bond motifs is 5. The highest BCUT2D eigenvalue weighted by molar-refractivity contribution is 7.99. The second-order valence-electron chi connectivity index (χ2n) is 18.1. The molecule has 2 heterocycles. The minimum Gasteiger partial charge on any atom is -0.481 e. The Balaban J connectivity index is 1.28. The first kappa shape index (κ1) is 43.4. The van der Waals surface area contributed by atoms with E-state index in [0.29, 0.717) is 17.2 Å². The van der Waals surface area contributed by atoms with Crippen molar-refractivity contribution in [3.8, 4) is 0 Å². The van der Waals surface area contributed by atoms with Gasteiger partial charge in [0.25, 0.3) is 0 Å². The molecule has 0 spiro atoms. The zero-order valence-corrected chi connectivity index (χ0v) is 37.7. The van der Waals surface area contributed by atoms with Gasteiger partial charge in [-0.25, -0.2) is 9.37 Å². The predicted molar refractivity (Wildman–Crippen MR) is 256 cm³/mol. The Bertz CT molecular complexity index is 2500. The third-order valence-electron chi connectivity index (χ3n) is 14.2. The summed E-state index contributed by atoms with van der Waals surface area (Å²) in [6, 6.07) is 30.3. The fraction of sp³-hybridized carbons (Fsp3) is 0.375. The lowest BCUT2D eigenvalue weighted by atomic mass is 9.58. The monoisotopic (exact) mass is 844 g/mol. The number of hydrogen-bond acceptors (Lipinski definition) is 3. The molecule has 4 aliphatic rings. The van der Waals surface area contributed by atoms with E-state index in [0.717, 1.165) is 67.5 Å². The van der Waals surface area contributed by atoms with Gasteiger partial charge >= 0.3 is 11.9 Å². The van der Waals surface area contributed by atoms with Crippen molar-refractivity contribution < 1.29 is 24.4 Å². The maximum atomic E-state index is 13.3. The Morgan fingerprint density at radius 3 is 2.40 bits per heavy atom. The normalized spacial score (nSPS) is 21.5. The zero-order chi connectivity index (χ0) is 43.4. The van der Waals surface area contributed by atoms with Crippen LogP contribution >= 0.6 is 11.8 Å². The summed E-state index contributed by atoms with van der Waals surface area (Å²) in [7, 11) is 0. The molecule has 0 radical (unpaired) electrons. The third kappa shape index (κ3) is 8.86. The molecule has 5 atom stereocenters. The quantitative estimate of drug-likeness (QED) is 0.0708. The Labute approximate surface area is 373 Å². The van der Waals surface area contributed by atoms with Gasteiger partial charge < -0.3 is 10.2 Å². The molecule has 0 saturated carbocycles. The van der Waals surface area contributed by atoms with Gasteiger partial charge in [-0.15, -0.1) is 0 Å². The van der Waals surface area contributed by atoms with Gasteiger partial charge in [0.2, 0.25) is 5.71 Å². The van der Waals surface area contributed by atoms with E-state index < -0.39 is 17.4 Å². The van der Waals surface area contributed by atoms with Crippen molar-refractivity contribution in [2.45, 2.75) is 103 Å². The summed E-state index contributed by atoms with van der Waals surface area (Å²) in [4.78, 5) is 24.5. The lowest BCUT2D eigenvalue weighted by Crippen LogP contribution is -2.40. The van der Waals surface area contributed by atoms with Crippen LogP contribution in [0.25, 0.3) is 6.08 Å². The highest BCUT2D eigenvalue weighted by Crippen LogP contribution is 2.55. The molecule has 5 nitrogen and oxygen atoms in total. The summed E-state index contributed by atoms with van der Waals surface area (Å²) in [5.41, 5.74) is 14.8. The van der Waals surface area contributed by atoms with Crippen LogP contribution in [0.3, 0.4) is 0 Å². The Kier molecular flexibility index (Phi) is 13.3. The Morgan fingerprint density at radius 2 is 1.63 bits per heavy atom. The highest BCUT2D eigenvalue weighted by atomic mass is 32.2. The molecule has 8 rings (SSSR count). The molecule has 2 aliphatic carbocycles.